The second-order valence-electron chi connectivity index (χ2n) is 5.38. The SMILES string of the molecule is Cc1oc2c(C)c3oc(=O)cc(N)c3cc2c1CNCCN. The first kappa shape index (κ1) is 14.6. The number of anilines is 1. The molecule has 0 unspecified atom stereocenters. The molecule has 0 saturated heterocycles. The van der Waals surface area contributed by atoms with Gasteiger partial charge in [-0.15, -0.1) is 0 Å². The Balaban J connectivity index is 2.28. The Morgan fingerprint density at radius 1 is 1.14 bits per heavy atom. The van der Waals surface area contributed by atoms with Gasteiger partial charge in [-0.1, -0.05) is 0 Å². The van der Waals surface area contributed by atoms with Crippen LogP contribution in [0.3, 0.4) is 0 Å². The second kappa shape index (κ2) is 5.47. The highest BCUT2D eigenvalue weighted by Crippen LogP contribution is 2.34. The zero-order valence-electron chi connectivity index (χ0n) is 12.7. The fourth-order valence-corrected chi connectivity index (χ4v) is 2.76. The quantitative estimate of drug-likeness (QED) is 0.501. The van der Waals surface area contributed by atoms with Crippen LogP contribution < -0.4 is 22.4 Å². The maximum absolute atomic E-state index is 11.5. The number of benzene rings is 1. The van der Waals surface area contributed by atoms with Crippen molar-refractivity contribution >= 4 is 27.6 Å². The summed E-state index contributed by atoms with van der Waals surface area (Å²) in [6, 6.07) is 3.22. The average molecular weight is 301 g/mol. The number of furan rings is 1. The smallest absolute Gasteiger partial charge is 0.338 e. The fraction of sp³-hybridized carbons (Fsp3) is 0.312. The van der Waals surface area contributed by atoms with Crippen molar-refractivity contribution in [2.75, 3.05) is 18.8 Å². The molecule has 0 saturated carbocycles. The van der Waals surface area contributed by atoms with Crippen molar-refractivity contribution in [3.8, 4) is 0 Å². The summed E-state index contributed by atoms with van der Waals surface area (Å²) in [6.07, 6.45) is 0. The number of nitrogens with one attached hydrogen (secondary N) is 1. The van der Waals surface area contributed by atoms with Gasteiger partial charge in [-0.25, -0.2) is 4.79 Å². The van der Waals surface area contributed by atoms with Crippen molar-refractivity contribution in [1.29, 1.82) is 0 Å². The first-order valence-electron chi connectivity index (χ1n) is 7.18. The Bertz CT molecular complexity index is 909. The van der Waals surface area contributed by atoms with Crippen LogP contribution in [0.5, 0.6) is 0 Å². The molecule has 0 aliphatic heterocycles. The number of hydrogen-bond donors (Lipinski definition) is 3. The zero-order chi connectivity index (χ0) is 15.9. The molecule has 0 atom stereocenters. The largest absolute Gasteiger partial charge is 0.461 e. The minimum Gasteiger partial charge on any atom is -0.461 e. The molecule has 5 N–H and O–H groups in total. The minimum absolute atomic E-state index is 0.413. The monoisotopic (exact) mass is 301 g/mol. The number of fused-ring (bicyclic) bond motifs is 2. The van der Waals surface area contributed by atoms with Crippen molar-refractivity contribution in [3.63, 3.8) is 0 Å². The van der Waals surface area contributed by atoms with Crippen molar-refractivity contribution in [2.45, 2.75) is 20.4 Å². The highest BCUT2D eigenvalue weighted by atomic mass is 16.4. The Morgan fingerprint density at radius 2 is 1.86 bits per heavy atom. The van der Waals surface area contributed by atoms with E-state index in [1.807, 2.05) is 19.9 Å². The molecular weight excluding hydrogens is 282 g/mol. The van der Waals surface area contributed by atoms with Crippen LogP contribution in [0.1, 0.15) is 16.9 Å². The van der Waals surface area contributed by atoms with Gasteiger partial charge in [-0.05, 0) is 19.9 Å². The van der Waals surface area contributed by atoms with Crippen LogP contribution in [0, 0.1) is 13.8 Å². The molecule has 22 heavy (non-hydrogen) atoms. The molecule has 0 radical (unpaired) electrons. The van der Waals surface area contributed by atoms with Crippen molar-refractivity contribution in [1.82, 2.24) is 5.32 Å². The molecule has 2 heterocycles. The first-order chi connectivity index (χ1) is 10.5. The van der Waals surface area contributed by atoms with Crippen LogP contribution >= 0.6 is 0 Å². The molecule has 0 aliphatic rings. The molecule has 6 heteroatoms. The normalized spacial score (nSPS) is 11.6. The summed E-state index contributed by atoms with van der Waals surface area (Å²) in [6.45, 7) is 5.76. The van der Waals surface area contributed by atoms with Gasteiger partial charge in [0.15, 0.2) is 0 Å². The molecule has 116 valence electrons. The van der Waals surface area contributed by atoms with E-state index in [9.17, 15) is 4.79 Å². The van der Waals surface area contributed by atoms with Gasteiger partial charge in [-0.2, -0.15) is 0 Å². The standard InChI is InChI=1S/C16H19N3O3/c1-8-15-10(12(9(2)21-15)7-19-4-3-17)5-11-13(18)6-14(20)22-16(8)11/h5-6,19H,3-4,7,17-18H2,1-2H3. The molecule has 3 aromatic rings. The van der Waals surface area contributed by atoms with E-state index in [-0.39, 0.29) is 0 Å². The van der Waals surface area contributed by atoms with Gasteiger partial charge in [0.1, 0.15) is 16.9 Å². The third-order valence-electron chi connectivity index (χ3n) is 3.87. The summed E-state index contributed by atoms with van der Waals surface area (Å²) in [5.41, 5.74) is 14.5. The Hall–Kier alpha value is -2.31. The second-order valence-corrected chi connectivity index (χ2v) is 5.38. The van der Waals surface area contributed by atoms with Gasteiger partial charge < -0.3 is 25.6 Å². The van der Waals surface area contributed by atoms with Crippen molar-refractivity contribution < 1.29 is 8.83 Å². The predicted octanol–water partition coefficient (Wildman–Crippen LogP) is 1.79. The fourth-order valence-electron chi connectivity index (χ4n) is 2.76. The average Bonchev–Trinajstić information content (AvgIpc) is 2.78. The lowest BCUT2D eigenvalue weighted by Gasteiger charge is -2.06. The molecule has 0 amide bonds. The number of hydrogen-bond acceptors (Lipinski definition) is 6. The Morgan fingerprint density at radius 3 is 2.59 bits per heavy atom. The lowest BCUT2D eigenvalue weighted by molar-refractivity contribution is 0.550. The first-order valence-corrected chi connectivity index (χ1v) is 7.18. The molecule has 0 fully saturated rings. The molecule has 6 nitrogen and oxygen atoms in total. The summed E-state index contributed by atoms with van der Waals surface area (Å²) >= 11 is 0. The van der Waals surface area contributed by atoms with Crippen LogP contribution in [0.25, 0.3) is 21.9 Å². The number of nitrogen functional groups attached to an aromatic ring is 1. The maximum atomic E-state index is 11.5. The van der Waals surface area contributed by atoms with Crippen LogP contribution in [-0.2, 0) is 6.54 Å². The van der Waals surface area contributed by atoms with Crippen molar-refractivity contribution in [3.05, 3.63) is 39.4 Å². The molecule has 0 spiro atoms. The summed E-state index contributed by atoms with van der Waals surface area (Å²) in [5, 5.41) is 4.98. The lowest BCUT2D eigenvalue weighted by Crippen LogP contribution is -2.22. The summed E-state index contributed by atoms with van der Waals surface area (Å²) in [5.74, 6) is 0.832. The third-order valence-corrected chi connectivity index (χ3v) is 3.87. The van der Waals surface area contributed by atoms with Gasteiger partial charge in [0.2, 0.25) is 0 Å². The van der Waals surface area contributed by atoms with E-state index < -0.39 is 5.63 Å². The topological polar surface area (TPSA) is 107 Å². The number of rotatable bonds is 4. The van der Waals surface area contributed by atoms with E-state index in [4.69, 9.17) is 20.3 Å². The molecular formula is C16H19N3O3. The zero-order valence-corrected chi connectivity index (χ0v) is 12.7. The molecule has 2 aromatic heterocycles. The summed E-state index contributed by atoms with van der Waals surface area (Å²) in [4.78, 5) is 11.5. The predicted molar refractivity (Wildman–Crippen MR) is 86.9 cm³/mol. The van der Waals surface area contributed by atoms with Crippen LogP contribution in [0.15, 0.2) is 25.8 Å². The number of nitrogens with two attached hydrogens (primary N) is 2. The van der Waals surface area contributed by atoms with Gasteiger partial charge in [0.05, 0.1) is 0 Å². The van der Waals surface area contributed by atoms with Crippen LogP contribution in [-0.4, -0.2) is 13.1 Å². The highest BCUT2D eigenvalue weighted by molar-refractivity contribution is 6.03. The third kappa shape index (κ3) is 2.26. The summed E-state index contributed by atoms with van der Waals surface area (Å²) < 4.78 is 11.2. The molecule has 1 aromatic carbocycles. The maximum Gasteiger partial charge on any atom is 0.338 e. The van der Waals surface area contributed by atoms with Gasteiger partial charge in [-0.3, -0.25) is 0 Å². The minimum atomic E-state index is -0.458. The van der Waals surface area contributed by atoms with E-state index in [0.29, 0.717) is 24.4 Å². The van der Waals surface area contributed by atoms with E-state index in [1.54, 1.807) is 0 Å². The number of aryl methyl sites for hydroxylation is 2. The van der Waals surface area contributed by atoms with Crippen molar-refractivity contribution in [2.24, 2.45) is 5.73 Å². The lowest BCUT2D eigenvalue weighted by atomic mass is 10.0. The van der Waals surface area contributed by atoms with E-state index in [2.05, 4.69) is 5.32 Å². The van der Waals surface area contributed by atoms with Crippen LogP contribution in [0.2, 0.25) is 0 Å². The Labute approximate surface area is 127 Å². The highest BCUT2D eigenvalue weighted by Gasteiger charge is 2.17. The summed E-state index contributed by atoms with van der Waals surface area (Å²) in [7, 11) is 0. The Kier molecular flexibility index (Phi) is 3.64. The molecule has 0 bridgehead atoms. The van der Waals surface area contributed by atoms with Crippen LogP contribution in [0.4, 0.5) is 5.69 Å². The van der Waals surface area contributed by atoms with E-state index in [1.165, 1.54) is 6.07 Å². The van der Waals surface area contributed by atoms with E-state index in [0.717, 1.165) is 39.8 Å². The van der Waals surface area contributed by atoms with Gasteiger partial charge in [0, 0.05) is 53.3 Å². The molecule has 0 aliphatic carbocycles. The van der Waals surface area contributed by atoms with Gasteiger partial charge in [0.25, 0.3) is 0 Å². The van der Waals surface area contributed by atoms with Gasteiger partial charge >= 0.3 is 5.63 Å². The van der Waals surface area contributed by atoms with E-state index >= 15 is 0 Å². The molecule has 3 rings (SSSR count).